The van der Waals surface area contributed by atoms with Crippen LogP contribution in [0, 0.1) is 0 Å². The number of carbonyl (C=O) groups is 1. The zero-order valence-corrected chi connectivity index (χ0v) is 19.2. The maximum atomic E-state index is 12.9. The van der Waals surface area contributed by atoms with E-state index in [1.807, 2.05) is 20.0 Å². The van der Waals surface area contributed by atoms with E-state index in [1.54, 1.807) is 23.1 Å². The van der Waals surface area contributed by atoms with Gasteiger partial charge in [0.05, 0.1) is 19.9 Å². The van der Waals surface area contributed by atoms with E-state index in [9.17, 15) is 22.0 Å². The first-order chi connectivity index (χ1) is 16.6. The van der Waals surface area contributed by atoms with Crippen LogP contribution in [0.1, 0.15) is 26.1 Å². The molecular formula is C20H23F5N8O3. The molecule has 0 aliphatic heterocycles. The molecule has 3 aromatic heterocycles. The Morgan fingerprint density at radius 2 is 1.83 bits per heavy atom. The number of nitrogens with one attached hydrogen (secondary N) is 1. The van der Waals surface area contributed by atoms with Crippen molar-refractivity contribution in [2.75, 3.05) is 18.2 Å². The minimum Gasteiger partial charge on any atom is -0.496 e. The normalized spacial score (nSPS) is 11.6. The van der Waals surface area contributed by atoms with Crippen molar-refractivity contribution in [3.05, 3.63) is 36.5 Å². The highest BCUT2D eigenvalue weighted by Crippen LogP contribution is 2.32. The van der Waals surface area contributed by atoms with E-state index in [1.165, 1.54) is 13.2 Å². The van der Waals surface area contributed by atoms with Crippen LogP contribution >= 0.6 is 0 Å². The van der Waals surface area contributed by atoms with Crippen LogP contribution in [0.4, 0.5) is 39.4 Å². The SMILES string of the molecule is COc1cc(Nc2cc(N)nc(C(F)F)n2)ncc1-c1cnn(CC(C)(C)N)c1.O=C(O)C(F)(F)F. The fourth-order valence-electron chi connectivity index (χ4n) is 2.68. The summed E-state index contributed by atoms with van der Waals surface area (Å²) >= 11 is 0. The number of aromatic nitrogens is 5. The van der Waals surface area contributed by atoms with Crippen LogP contribution in [-0.4, -0.2) is 54.6 Å². The molecule has 36 heavy (non-hydrogen) atoms. The lowest BCUT2D eigenvalue weighted by atomic mass is 10.1. The van der Waals surface area contributed by atoms with E-state index in [-0.39, 0.29) is 11.6 Å². The molecule has 0 spiro atoms. The van der Waals surface area contributed by atoms with Crippen molar-refractivity contribution in [3.8, 4) is 16.9 Å². The second-order valence-electron chi connectivity index (χ2n) is 7.95. The highest BCUT2D eigenvalue weighted by atomic mass is 19.4. The Morgan fingerprint density at radius 3 is 2.36 bits per heavy atom. The molecule has 16 heteroatoms. The van der Waals surface area contributed by atoms with E-state index >= 15 is 0 Å². The first-order valence-corrected chi connectivity index (χ1v) is 9.94. The number of hydrogen-bond acceptors (Lipinski definition) is 9. The summed E-state index contributed by atoms with van der Waals surface area (Å²) in [6.07, 6.45) is -2.78. The average molecular weight is 518 g/mol. The molecule has 0 fully saturated rings. The van der Waals surface area contributed by atoms with Gasteiger partial charge in [0.25, 0.3) is 6.43 Å². The molecule has 0 saturated heterocycles. The van der Waals surface area contributed by atoms with Gasteiger partial charge in [-0.1, -0.05) is 0 Å². The second kappa shape index (κ2) is 11.1. The number of carboxylic acids is 1. The third-order valence-corrected chi connectivity index (χ3v) is 4.06. The van der Waals surface area contributed by atoms with E-state index in [0.717, 1.165) is 11.1 Å². The molecule has 0 aliphatic rings. The van der Waals surface area contributed by atoms with Crippen LogP contribution in [0.3, 0.4) is 0 Å². The molecule has 0 saturated carbocycles. The number of rotatable bonds is 7. The molecule has 3 rings (SSSR count). The smallest absolute Gasteiger partial charge is 0.490 e. The third-order valence-electron chi connectivity index (χ3n) is 4.06. The number of nitrogens with zero attached hydrogens (tertiary/aromatic N) is 5. The number of hydrogen-bond donors (Lipinski definition) is 4. The number of nitrogens with two attached hydrogens (primary N) is 2. The number of methoxy groups -OCH3 is 1. The van der Waals surface area contributed by atoms with Crippen LogP contribution < -0.4 is 21.5 Å². The number of carboxylic acid groups (broad SMARTS) is 1. The lowest BCUT2D eigenvalue weighted by molar-refractivity contribution is -0.192. The van der Waals surface area contributed by atoms with E-state index in [0.29, 0.717) is 18.1 Å². The van der Waals surface area contributed by atoms with Crippen LogP contribution in [-0.2, 0) is 11.3 Å². The van der Waals surface area contributed by atoms with E-state index in [4.69, 9.17) is 26.1 Å². The summed E-state index contributed by atoms with van der Waals surface area (Å²) in [7, 11) is 1.52. The van der Waals surface area contributed by atoms with Gasteiger partial charge in [0.15, 0.2) is 5.82 Å². The standard InChI is InChI=1S/C18H22F2N8O.C2HF3O2/c1-18(2,22)9-28-8-10(6-24-28)11-7-23-14(4-12(11)29-3)26-15-5-13(21)25-17(27-15)16(19)20;3-2(4,5)1(6)7/h4-8,16H,9,22H2,1-3H3,(H3,21,23,25,26,27);(H,6,7). The van der Waals surface area contributed by atoms with Crippen molar-refractivity contribution in [2.24, 2.45) is 5.73 Å². The highest BCUT2D eigenvalue weighted by molar-refractivity contribution is 5.73. The molecule has 0 aliphatic carbocycles. The molecule has 6 N–H and O–H groups in total. The number of aliphatic carboxylic acids is 1. The lowest BCUT2D eigenvalue weighted by Crippen LogP contribution is -2.37. The molecule has 0 bridgehead atoms. The molecule has 3 aromatic rings. The van der Waals surface area contributed by atoms with E-state index < -0.39 is 29.9 Å². The minimum absolute atomic E-state index is 0.0726. The van der Waals surface area contributed by atoms with Crippen molar-refractivity contribution < 1.29 is 36.6 Å². The fourth-order valence-corrected chi connectivity index (χ4v) is 2.68. The zero-order chi connectivity index (χ0) is 27.3. The van der Waals surface area contributed by atoms with Gasteiger partial charge in [0.2, 0.25) is 0 Å². The third kappa shape index (κ3) is 8.30. The topological polar surface area (TPSA) is 167 Å². The average Bonchev–Trinajstić information content (AvgIpc) is 3.19. The van der Waals surface area contributed by atoms with Crippen LogP contribution in [0.2, 0.25) is 0 Å². The van der Waals surface area contributed by atoms with Crippen LogP contribution in [0.5, 0.6) is 5.75 Å². The zero-order valence-electron chi connectivity index (χ0n) is 19.2. The molecule has 3 heterocycles. The molecule has 0 unspecified atom stereocenters. The van der Waals surface area contributed by atoms with Gasteiger partial charge in [-0.05, 0) is 13.8 Å². The molecule has 0 amide bonds. The Labute approximate surface area is 201 Å². The Bertz CT molecular complexity index is 1190. The summed E-state index contributed by atoms with van der Waals surface area (Å²) in [5.74, 6) is -2.52. The lowest BCUT2D eigenvalue weighted by Gasteiger charge is -2.17. The summed E-state index contributed by atoms with van der Waals surface area (Å²) < 4.78 is 64.7. The number of anilines is 3. The van der Waals surface area contributed by atoms with Crippen molar-refractivity contribution in [1.82, 2.24) is 24.7 Å². The molecular weight excluding hydrogens is 495 g/mol. The number of alkyl halides is 5. The summed E-state index contributed by atoms with van der Waals surface area (Å²) in [4.78, 5) is 20.4. The molecule has 196 valence electrons. The largest absolute Gasteiger partial charge is 0.496 e. The first-order valence-electron chi connectivity index (χ1n) is 9.94. The van der Waals surface area contributed by atoms with Gasteiger partial charge in [-0.25, -0.2) is 28.5 Å². The number of halogens is 5. The summed E-state index contributed by atoms with van der Waals surface area (Å²) in [6, 6.07) is 2.96. The Hall–Kier alpha value is -4.08. The van der Waals surface area contributed by atoms with Gasteiger partial charge < -0.3 is 26.6 Å². The highest BCUT2D eigenvalue weighted by Gasteiger charge is 2.38. The van der Waals surface area contributed by atoms with Gasteiger partial charge in [-0.2, -0.15) is 18.3 Å². The number of ether oxygens (including phenoxy) is 1. The minimum atomic E-state index is -5.08. The monoisotopic (exact) mass is 518 g/mol. The maximum Gasteiger partial charge on any atom is 0.490 e. The van der Waals surface area contributed by atoms with Crippen molar-refractivity contribution >= 4 is 23.4 Å². The Morgan fingerprint density at radius 1 is 1.19 bits per heavy atom. The first kappa shape index (κ1) is 28.2. The predicted molar refractivity (Wildman–Crippen MR) is 119 cm³/mol. The summed E-state index contributed by atoms with van der Waals surface area (Å²) in [5, 5.41) is 14.3. The predicted octanol–water partition coefficient (Wildman–Crippen LogP) is 3.38. The Balaban J connectivity index is 0.000000572. The van der Waals surface area contributed by atoms with E-state index in [2.05, 4.69) is 25.4 Å². The maximum absolute atomic E-state index is 12.9. The number of nitrogen functional groups attached to an aromatic ring is 1. The van der Waals surface area contributed by atoms with Gasteiger partial charge in [0, 0.05) is 41.2 Å². The molecule has 0 aromatic carbocycles. The van der Waals surface area contributed by atoms with Crippen LogP contribution in [0.15, 0.2) is 30.7 Å². The summed E-state index contributed by atoms with van der Waals surface area (Å²) in [5.41, 5.74) is 12.7. The van der Waals surface area contributed by atoms with Crippen molar-refractivity contribution in [2.45, 2.75) is 38.5 Å². The quantitative estimate of drug-likeness (QED) is 0.340. The number of pyridine rings is 1. The van der Waals surface area contributed by atoms with Gasteiger partial charge >= 0.3 is 12.1 Å². The van der Waals surface area contributed by atoms with Gasteiger partial charge in [-0.3, -0.25) is 4.68 Å². The summed E-state index contributed by atoms with van der Waals surface area (Å²) in [6.45, 7) is 4.37. The molecule has 0 atom stereocenters. The molecule has 0 radical (unpaired) electrons. The molecule has 11 nitrogen and oxygen atoms in total. The van der Waals surface area contributed by atoms with Crippen molar-refractivity contribution in [3.63, 3.8) is 0 Å². The van der Waals surface area contributed by atoms with Gasteiger partial charge in [0.1, 0.15) is 23.2 Å². The fraction of sp³-hybridized carbons (Fsp3) is 0.350. The van der Waals surface area contributed by atoms with Crippen LogP contribution in [0.25, 0.3) is 11.1 Å². The van der Waals surface area contributed by atoms with Crippen molar-refractivity contribution in [1.29, 1.82) is 0 Å². The second-order valence-corrected chi connectivity index (χ2v) is 7.95. The van der Waals surface area contributed by atoms with Gasteiger partial charge in [-0.15, -0.1) is 0 Å². The Kier molecular flexibility index (Phi) is 8.69.